The molecule has 4 heteroatoms. The van der Waals surface area contributed by atoms with Crippen molar-refractivity contribution in [3.63, 3.8) is 0 Å². The Bertz CT molecular complexity index is 377. The highest BCUT2D eigenvalue weighted by Crippen LogP contribution is 2.24. The van der Waals surface area contributed by atoms with Crippen LogP contribution in [0.3, 0.4) is 0 Å². The molecule has 0 aliphatic carbocycles. The van der Waals surface area contributed by atoms with Gasteiger partial charge in [-0.15, -0.1) is 0 Å². The van der Waals surface area contributed by atoms with Crippen molar-refractivity contribution in [1.29, 1.82) is 0 Å². The summed E-state index contributed by atoms with van der Waals surface area (Å²) in [5.74, 6) is -0.426. The minimum Gasteiger partial charge on any atom is -0.504 e. The molecule has 0 saturated heterocycles. The Balaban J connectivity index is 2.37. The zero-order chi connectivity index (χ0) is 12.7. The summed E-state index contributed by atoms with van der Waals surface area (Å²) < 4.78 is 0. The minimum atomic E-state index is -0.193. The normalized spacial score (nSPS) is 10.2. The standard InChI is InChI=1S/C13H19NO3/c1-2-3-4-7-14-13(17)9-10-5-6-11(15)12(16)8-10/h5-6,8,15-16H,2-4,7,9H2,1H3,(H,14,17). The van der Waals surface area contributed by atoms with E-state index in [9.17, 15) is 9.90 Å². The lowest BCUT2D eigenvalue weighted by molar-refractivity contribution is -0.120. The van der Waals surface area contributed by atoms with Crippen LogP contribution in [0.4, 0.5) is 0 Å². The highest BCUT2D eigenvalue weighted by atomic mass is 16.3. The van der Waals surface area contributed by atoms with Gasteiger partial charge in [0.05, 0.1) is 6.42 Å². The van der Waals surface area contributed by atoms with Crippen molar-refractivity contribution < 1.29 is 15.0 Å². The molecule has 0 atom stereocenters. The number of aromatic hydroxyl groups is 2. The molecule has 1 rings (SSSR count). The average Bonchev–Trinajstić information content (AvgIpc) is 2.30. The van der Waals surface area contributed by atoms with Gasteiger partial charge in [0.15, 0.2) is 11.5 Å². The van der Waals surface area contributed by atoms with Crippen molar-refractivity contribution in [2.75, 3.05) is 6.54 Å². The number of amides is 1. The fraction of sp³-hybridized carbons (Fsp3) is 0.462. The van der Waals surface area contributed by atoms with E-state index in [2.05, 4.69) is 12.2 Å². The molecule has 0 fully saturated rings. The fourth-order valence-electron chi connectivity index (χ4n) is 1.53. The van der Waals surface area contributed by atoms with Crippen molar-refractivity contribution >= 4 is 5.91 Å². The van der Waals surface area contributed by atoms with Gasteiger partial charge in [0.2, 0.25) is 5.91 Å². The van der Waals surface area contributed by atoms with Crippen LogP contribution in [0, 0.1) is 0 Å². The van der Waals surface area contributed by atoms with Crippen molar-refractivity contribution in [2.24, 2.45) is 0 Å². The Morgan fingerprint density at radius 3 is 2.65 bits per heavy atom. The van der Waals surface area contributed by atoms with Crippen LogP contribution >= 0.6 is 0 Å². The SMILES string of the molecule is CCCCCNC(=O)Cc1ccc(O)c(O)c1. The highest BCUT2D eigenvalue weighted by molar-refractivity contribution is 5.78. The molecule has 1 aromatic rings. The maximum atomic E-state index is 11.5. The molecular formula is C13H19NO3. The van der Waals surface area contributed by atoms with Crippen LogP contribution in [0.5, 0.6) is 11.5 Å². The molecule has 0 aromatic heterocycles. The molecule has 94 valence electrons. The fourth-order valence-corrected chi connectivity index (χ4v) is 1.53. The number of carbonyl (C=O) groups excluding carboxylic acids is 1. The Morgan fingerprint density at radius 1 is 1.24 bits per heavy atom. The van der Waals surface area contributed by atoms with Crippen LogP contribution in [0.25, 0.3) is 0 Å². The summed E-state index contributed by atoms with van der Waals surface area (Å²) in [7, 11) is 0. The molecule has 4 nitrogen and oxygen atoms in total. The Kier molecular flexibility index (Phi) is 5.33. The summed E-state index contributed by atoms with van der Waals surface area (Å²) in [6.07, 6.45) is 3.45. The molecular weight excluding hydrogens is 218 g/mol. The Morgan fingerprint density at radius 2 is 2.00 bits per heavy atom. The lowest BCUT2D eigenvalue weighted by atomic mass is 10.1. The van der Waals surface area contributed by atoms with E-state index in [1.54, 1.807) is 6.07 Å². The number of phenolic OH excluding ortho intramolecular Hbond substituents is 2. The van der Waals surface area contributed by atoms with Gasteiger partial charge in [0.1, 0.15) is 0 Å². The lowest BCUT2D eigenvalue weighted by Crippen LogP contribution is -2.26. The molecule has 0 bridgehead atoms. The van der Waals surface area contributed by atoms with Crippen molar-refractivity contribution in [3.8, 4) is 11.5 Å². The Labute approximate surface area is 101 Å². The molecule has 3 N–H and O–H groups in total. The maximum absolute atomic E-state index is 11.5. The number of hydrogen-bond donors (Lipinski definition) is 3. The molecule has 1 amide bonds. The molecule has 17 heavy (non-hydrogen) atoms. The molecule has 0 unspecified atom stereocenters. The quantitative estimate of drug-likeness (QED) is 0.523. The summed E-state index contributed by atoms with van der Waals surface area (Å²) in [5.41, 5.74) is 0.688. The van der Waals surface area contributed by atoms with Crippen molar-refractivity contribution in [1.82, 2.24) is 5.32 Å². The molecule has 0 radical (unpaired) electrons. The first-order valence-electron chi connectivity index (χ1n) is 5.91. The van der Waals surface area contributed by atoms with E-state index in [0.29, 0.717) is 12.1 Å². The second-order valence-corrected chi connectivity index (χ2v) is 4.06. The van der Waals surface area contributed by atoms with Crippen LogP contribution in [0.1, 0.15) is 31.7 Å². The van der Waals surface area contributed by atoms with Gasteiger partial charge < -0.3 is 15.5 Å². The third-order valence-electron chi connectivity index (χ3n) is 2.51. The van der Waals surface area contributed by atoms with E-state index in [1.165, 1.54) is 12.1 Å². The molecule has 0 aliphatic rings. The second kappa shape index (κ2) is 6.78. The molecule has 0 aliphatic heterocycles. The van der Waals surface area contributed by atoms with Crippen LogP contribution in [0.15, 0.2) is 18.2 Å². The number of nitrogens with one attached hydrogen (secondary N) is 1. The van der Waals surface area contributed by atoms with Gasteiger partial charge in [0.25, 0.3) is 0 Å². The van der Waals surface area contributed by atoms with E-state index in [4.69, 9.17) is 5.11 Å². The first-order valence-corrected chi connectivity index (χ1v) is 5.91. The van der Waals surface area contributed by atoms with Gasteiger partial charge in [-0.2, -0.15) is 0 Å². The number of unbranched alkanes of at least 4 members (excludes halogenated alkanes) is 2. The van der Waals surface area contributed by atoms with E-state index in [-0.39, 0.29) is 23.8 Å². The number of carbonyl (C=O) groups is 1. The van der Waals surface area contributed by atoms with Crippen LogP contribution in [-0.2, 0) is 11.2 Å². The zero-order valence-electron chi connectivity index (χ0n) is 10.1. The maximum Gasteiger partial charge on any atom is 0.224 e. The van der Waals surface area contributed by atoms with Crippen molar-refractivity contribution in [3.05, 3.63) is 23.8 Å². The van der Waals surface area contributed by atoms with Crippen LogP contribution < -0.4 is 5.32 Å². The third kappa shape index (κ3) is 4.76. The van der Waals surface area contributed by atoms with Gasteiger partial charge >= 0.3 is 0 Å². The zero-order valence-corrected chi connectivity index (χ0v) is 10.1. The van der Waals surface area contributed by atoms with Gasteiger partial charge in [-0.05, 0) is 24.1 Å². The van der Waals surface area contributed by atoms with Crippen molar-refractivity contribution in [2.45, 2.75) is 32.6 Å². The highest BCUT2D eigenvalue weighted by Gasteiger charge is 2.05. The first-order chi connectivity index (χ1) is 8.13. The number of phenols is 2. The van der Waals surface area contributed by atoms with Gasteiger partial charge in [0, 0.05) is 6.54 Å². The molecule has 1 aromatic carbocycles. The van der Waals surface area contributed by atoms with Crippen LogP contribution in [0.2, 0.25) is 0 Å². The van der Waals surface area contributed by atoms with E-state index >= 15 is 0 Å². The smallest absolute Gasteiger partial charge is 0.224 e. The first kappa shape index (κ1) is 13.4. The van der Waals surface area contributed by atoms with Gasteiger partial charge in [-0.25, -0.2) is 0 Å². The lowest BCUT2D eigenvalue weighted by Gasteiger charge is -2.05. The van der Waals surface area contributed by atoms with Gasteiger partial charge in [-0.1, -0.05) is 25.8 Å². The summed E-state index contributed by atoms with van der Waals surface area (Å²) in [5, 5.41) is 21.2. The van der Waals surface area contributed by atoms with Gasteiger partial charge in [-0.3, -0.25) is 4.79 Å². The van der Waals surface area contributed by atoms with E-state index in [0.717, 1.165) is 19.3 Å². The monoisotopic (exact) mass is 237 g/mol. The number of benzene rings is 1. The summed E-state index contributed by atoms with van der Waals surface area (Å²) in [4.78, 5) is 11.5. The topological polar surface area (TPSA) is 69.6 Å². The molecule has 0 saturated carbocycles. The summed E-state index contributed by atoms with van der Waals surface area (Å²) in [6, 6.07) is 4.41. The minimum absolute atomic E-state index is 0.0637. The largest absolute Gasteiger partial charge is 0.504 e. The average molecular weight is 237 g/mol. The number of rotatable bonds is 6. The Hall–Kier alpha value is -1.71. The number of hydrogen-bond acceptors (Lipinski definition) is 3. The molecule has 0 heterocycles. The van der Waals surface area contributed by atoms with Crippen LogP contribution in [-0.4, -0.2) is 22.7 Å². The predicted octanol–water partition coefficient (Wildman–Crippen LogP) is 1.95. The predicted molar refractivity (Wildman–Crippen MR) is 66.0 cm³/mol. The summed E-state index contributed by atoms with van der Waals surface area (Å²) in [6.45, 7) is 2.80. The third-order valence-corrected chi connectivity index (χ3v) is 2.51. The van der Waals surface area contributed by atoms with E-state index < -0.39 is 0 Å². The second-order valence-electron chi connectivity index (χ2n) is 4.06. The van der Waals surface area contributed by atoms with E-state index in [1.807, 2.05) is 0 Å². The summed E-state index contributed by atoms with van der Waals surface area (Å²) >= 11 is 0. The molecule has 0 spiro atoms.